The van der Waals surface area contributed by atoms with Gasteiger partial charge in [-0.3, -0.25) is 9.88 Å². The number of para-hydroxylation sites is 1. The van der Waals surface area contributed by atoms with Crippen LogP contribution in [-0.2, 0) is 10.0 Å². The van der Waals surface area contributed by atoms with Crippen molar-refractivity contribution in [2.24, 2.45) is 0 Å². The maximum Gasteiger partial charge on any atom is 0.243 e. The summed E-state index contributed by atoms with van der Waals surface area (Å²) in [5, 5.41) is 0. The van der Waals surface area contributed by atoms with Gasteiger partial charge in [0.1, 0.15) is 22.3 Å². The predicted octanol–water partition coefficient (Wildman–Crippen LogP) is 3.34. The largest absolute Gasteiger partial charge is 0.367 e. The van der Waals surface area contributed by atoms with E-state index >= 15 is 0 Å². The Morgan fingerprint density at radius 2 is 1.70 bits per heavy atom. The van der Waals surface area contributed by atoms with Crippen molar-refractivity contribution in [2.45, 2.75) is 10.9 Å². The van der Waals surface area contributed by atoms with E-state index in [0.717, 1.165) is 17.7 Å². The summed E-state index contributed by atoms with van der Waals surface area (Å²) in [6, 6.07) is 12.1. The van der Waals surface area contributed by atoms with Gasteiger partial charge in [0.15, 0.2) is 0 Å². The van der Waals surface area contributed by atoms with E-state index in [1.54, 1.807) is 36.7 Å². The first kappa shape index (κ1) is 23.2. The number of aromatic nitrogens is 1. The van der Waals surface area contributed by atoms with Crippen LogP contribution in [0.5, 0.6) is 0 Å². The van der Waals surface area contributed by atoms with Crippen molar-refractivity contribution in [2.75, 3.05) is 37.6 Å². The average molecular weight is 477 g/mol. The fraction of sp³-hybridized carbons (Fsp3) is 0.261. The molecular weight excluding hydrogens is 453 g/mol. The molecule has 0 radical (unpaired) electrons. The first-order valence-electron chi connectivity index (χ1n) is 10.4. The molecule has 0 spiro atoms. The van der Waals surface area contributed by atoms with Crippen molar-refractivity contribution in [3.63, 3.8) is 0 Å². The van der Waals surface area contributed by atoms with Gasteiger partial charge in [-0.05, 0) is 42.0 Å². The van der Waals surface area contributed by atoms with Gasteiger partial charge in [0.2, 0.25) is 10.0 Å². The van der Waals surface area contributed by atoms with Crippen LogP contribution in [0.4, 0.5) is 18.9 Å². The van der Waals surface area contributed by atoms with Gasteiger partial charge in [0.25, 0.3) is 0 Å². The van der Waals surface area contributed by atoms with Crippen LogP contribution in [0.1, 0.15) is 11.6 Å². The molecule has 0 unspecified atom stereocenters. The van der Waals surface area contributed by atoms with Gasteiger partial charge in [-0.2, -0.15) is 0 Å². The average Bonchev–Trinajstić information content (AvgIpc) is 2.82. The highest BCUT2D eigenvalue weighted by atomic mass is 32.2. The second-order valence-electron chi connectivity index (χ2n) is 7.70. The summed E-state index contributed by atoms with van der Waals surface area (Å²) in [5.41, 5.74) is 1.30. The molecule has 10 heteroatoms. The van der Waals surface area contributed by atoms with Crippen molar-refractivity contribution < 1.29 is 21.6 Å². The van der Waals surface area contributed by atoms with E-state index in [2.05, 4.69) is 14.6 Å². The summed E-state index contributed by atoms with van der Waals surface area (Å²) in [6.07, 6.45) is 3.26. The lowest BCUT2D eigenvalue weighted by Crippen LogP contribution is -2.50. The number of piperazine rings is 1. The van der Waals surface area contributed by atoms with Crippen molar-refractivity contribution in [3.05, 3.63) is 90.0 Å². The van der Waals surface area contributed by atoms with Crippen molar-refractivity contribution in [3.8, 4) is 0 Å². The summed E-state index contributed by atoms with van der Waals surface area (Å²) in [6.45, 7) is 2.11. The Morgan fingerprint density at radius 1 is 0.939 bits per heavy atom. The molecule has 1 aliphatic heterocycles. The molecule has 0 bridgehead atoms. The molecule has 1 atom stereocenters. The zero-order valence-electron chi connectivity index (χ0n) is 17.7. The van der Waals surface area contributed by atoms with Crippen LogP contribution in [0, 0.1) is 17.5 Å². The van der Waals surface area contributed by atoms with E-state index in [1.165, 1.54) is 6.07 Å². The molecule has 174 valence electrons. The molecule has 4 rings (SSSR count). The minimum absolute atomic E-state index is 0.0658. The van der Waals surface area contributed by atoms with Gasteiger partial charge in [-0.1, -0.05) is 18.2 Å². The molecule has 0 saturated carbocycles. The Hall–Kier alpha value is -2.95. The van der Waals surface area contributed by atoms with Gasteiger partial charge < -0.3 is 4.90 Å². The summed E-state index contributed by atoms with van der Waals surface area (Å²) in [4.78, 5) is 7.40. The number of halogens is 3. The lowest BCUT2D eigenvalue weighted by atomic mass is 10.1. The molecule has 1 fully saturated rings. The highest BCUT2D eigenvalue weighted by Crippen LogP contribution is 2.26. The molecule has 2 heterocycles. The highest BCUT2D eigenvalue weighted by Gasteiger charge is 2.28. The van der Waals surface area contributed by atoms with E-state index in [0.29, 0.717) is 37.9 Å². The van der Waals surface area contributed by atoms with E-state index in [1.807, 2.05) is 11.0 Å². The quantitative estimate of drug-likeness (QED) is 0.567. The first-order valence-corrected chi connectivity index (χ1v) is 11.9. The maximum atomic E-state index is 14.2. The van der Waals surface area contributed by atoms with Crippen LogP contribution in [-0.4, -0.2) is 51.0 Å². The number of anilines is 1. The Bertz CT molecular complexity index is 1200. The number of nitrogens with one attached hydrogen (secondary N) is 1. The van der Waals surface area contributed by atoms with Gasteiger partial charge in [0.05, 0.1) is 11.7 Å². The standard InChI is InChI=1S/C23H23F3N4O2S/c24-18-7-8-20(26)23(14-18)33(31,32)28-16-22(17-4-3-9-27-15-17)30-12-10-29(11-13-30)21-6-2-1-5-19(21)25/h1-9,14-15,22,28H,10-13,16H2/t22-/m1/s1. The molecule has 33 heavy (non-hydrogen) atoms. The van der Waals surface area contributed by atoms with Crippen LogP contribution in [0.2, 0.25) is 0 Å². The van der Waals surface area contributed by atoms with E-state index in [9.17, 15) is 21.6 Å². The number of hydrogen-bond acceptors (Lipinski definition) is 5. The number of rotatable bonds is 7. The number of pyridine rings is 1. The Kier molecular flexibility index (Phi) is 6.96. The molecule has 1 aliphatic rings. The zero-order chi connectivity index (χ0) is 23.4. The summed E-state index contributed by atoms with van der Waals surface area (Å²) in [5.74, 6) is -2.16. The lowest BCUT2D eigenvalue weighted by Gasteiger charge is -2.40. The van der Waals surface area contributed by atoms with Crippen LogP contribution in [0.3, 0.4) is 0 Å². The van der Waals surface area contributed by atoms with Gasteiger partial charge in [-0.15, -0.1) is 0 Å². The second kappa shape index (κ2) is 9.90. The summed E-state index contributed by atoms with van der Waals surface area (Å²) < 4.78 is 69.6. The highest BCUT2D eigenvalue weighted by molar-refractivity contribution is 7.89. The predicted molar refractivity (Wildman–Crippen MR) is 119 cm³/mol. The fourth-order valence-corrected chi connectivity index (χ4v) is 5.09. The normalized spacial score (nSPS) is 16.0. The van der Waals surface area contributed by atoms with E-state index < -0.39 is 32.6 Å². The molecule has 0 amide bonds. The number of hydrogen-bond donors (Lipinski definition) is 1. The molecule has 6 nitrogen and oxygen atoms in total. The van der Waals surface area contributed by atoms with Crippen LogP contribution in [0.25, 0.3) is 0 Å². The van der Waals surface area contributed by atoms with E-state index in [4.69, 9.17) is 0 Å². The maximum absolute atomic E-state index is 14.2. The Balaban J connectivity index is 1.51. The monoisotopic (exact) mass is 476 g/mol. The smallest absolute Gasteiger partial charge is 0.243 e. The third-order valence-corrected chi connectivity index (χ3v) is 7.11. The molecule has 0 aliphatic carbocycles. The van der Waals surface area contributed by atoms with Crippen LogP contribution in [0.15, 0.2) is 71.9 Å². The van der Waals surface area contributed by atoms with E-state index in [-0.39, 0.29) is 12.4 Å². The van der Waals surface area contributed by atoms with Gasteiger partial charge in [0, 0.05) is 45.1 Å². The van der Waals surface area contributed by atoms with Crippen molar-refractivity contribution >= 4 is 15.7 Å². The topological polar surface area (TPSA) is 65.5 Å². The summed E-state index contributed by atoms with van der Waals surface area (Å²) in [7, 11) is -4.29. The number of benzene rings is 2. The van der Waals surface area contributed by atoms with Crippen LogP contribution < -0.4 is 9.62 Å². The molecule has 1 aromatic heterocycles. The molecule has 1 N–H and O–H groups in total. The molecule has 3 aromatic rings. The minimum Gasteiger partial charge on any atom is -0.367 e. The number of sulfonamides is 1. The molecular formula is C23H23F3N4O2S. The Labute approximate surface area is 190 Å². The second-order valence-corrected chi connectivity index (χ2v) is 9.44. The van der Waals surface area contributed by atoms with Gasteiger partial charge >= 0.3 is 0 Å². The third kappa shape index (κ3) is 5.35. The summed E-state index contributed by atoms with van der Waals surface area (Å²) >= 11 is 0. The molecule has 1 saturated heterocycles. The van der Waals surface area contributed by atoms with Gasteiger partial charge in [-0.25, -0.2) is 26.3 Å². The molecule has 2 aromatic carbocycles. The fourth-order valence-electron chi connectivity index (χ4n) is 3.96. The van der Waals surface area contributed by atoms with Crippen LogP contribution >= 0.6 is 0 Å². The minimum atomic E-state index is -4.29. The zero-order valence-corrected chi connectivity index (χ0v) is 18.5. The Morgan fingerprint density at radius 3 is 2.39 bits per heavy atom. The third-order valence-electron chi connectivity index (χ3n) is 5.67. The van der Waals surface area contributed by atoms with Crippen molar-refractivity contribution in [1.82, 2.24) is 14.6 Å². The lowest BCUT2D eigenvalue weighted by molar-refractivity contribution is 0.186. The van der Waals surface area contributed by atoms with Crippen molar-refractivity contribution in [1.29, 1.82) is 0 Å². The SMILES string of the molecule is O=S(=O)(NC[C@H](c1cccnc1)N1CCN(c2ccccc2F)CC1)c1cc(F)ccc1F. The first-order chi connectivity index (χ1) is 15.8. The number of nitrogens with zero attached hydrogens (tertiary/aromatic N) is 3.